The third-order valence-corrected chi connectivity index (χ3v) is 2.99. The Morgan fingerprint density at radius 2 is 1.81 bits per heavy atom. The Bertz CT molecular complexity index is 395. The fraction of sp³-hybridized carbons (Fsp3) is 0.643. The molecule has 0 radical (unpaired) electrons. The van der Waals surface area contributed by atoms with E-state index in [-0.39, 0.29) is 12.5 Å². The van der Waals surface area contributed by atoms with E-state index in [1.807, 2.05) is 0 Å². The van der Waals surface area contributed by atoms with Crippen LogP contribution in [0.3, 0.4) is 0 Å². The minimum absolute atomic E-state index is 0.0646. The zero-order chi connectivity index (χ0) is 16.6. The fourth-order valence-electron chi connectivity index (χ4n) is 1.52. The van der Waals surface area contributed by atoms with Gasteiger partial charge in [-0.05, 0) is 5.92 Å². The molecule has 3 N–H and O–H groups in total. The van der Waals surface area contributed by atoms with Crippen LogP contribution in [-0.4, -0.2) is 43.6 Å². The van der Waals surface area contributed by atoms with Crippen molar-refractivity contribution in [1.82, 2.24) is 5.32 Å². The molecule has 7 nitrogen and oxygen atoms in total. The van der Waals surface area contributed by atoms with Gasteiger partial charge in [0.1, 0.15) is 18.7 Å². The van der Waals surface area contributed by atoms with Gasteiger partial charge in [0.25, 0.3) is 0 Å². The lowest BCUT2D eigenvalue weighted by atomic mass is 9.99. The Morgan fingerprint density at radius 1 is 1.24 bits per heavy atom. The molecule has 0 aromatic rings. The van der Waals surface area contributed by atoms with E-state index >= 15 is 0 Å². The topological polar surface area (TPSA) is 108 Å². The number of carbonyl (C=O) groups excluding carboxylic acids is 3. The van der Waals surface area contributed by atoms with Gasteiger partial charge in [-0.2, -0.15) is 0 Å². The molecule has 0 bridgehead atoms. The van der Waals surface area contributed by atoms with Gasteiger partial charge < -0.3 is 20.5 Å². The average molecular weight is 300 g/mol. The smallest absolute Gasteiger partial charge is 0.329 e. The monoisotopic (exact) mass is 300 g/mol. The van der Waals surface area contributed by atoms with Crippen LogP contribution in [0.5, 0.6) is 0 Å². The summed E-state index contributed by atoms with van der Waals surface area (Å²) >= 11 is 0. The molecule has 120 valence electrons. The summed E-state index contributed by atoms with van der Waals surface area (Å²) in [6, 6.07) is -1.91. The summed E-state index contributed by atoms with van der Waals surface area (Å²) < 4.78 is 9.42. The van der Waals surface area contributed by atoms with Gasteiger partial charge >= 0.3 is 11.9 Å². The molecule has 0 saturated heterocycles. The minimum Gasteiger partial charge on any atom is -0.468 e. The second kappa shape index (κ2) is 9.12. The van der Waals surface area contributed by atoms with E-state index in [0.29, 0.717) is 0 Å². The maximum Gasteiger partial charge on any atom is 0.329 e. The molecule has 21 heavy (non-hydrogen) atoms. The van der Waals surface area contributed by atoms with E-state index in [0.717, 1.165) is 0 Å². The van der Waals surface area contributed by atoms with Crippen LogP contribution in [0, 0.1) is 11.8 Å². The highest BCUT2D eigenvalue weighted by atomic mass is 16.5. The lowest BCUT2D eigenvalue weighted by Gasteiger charge is -2.24. The van der Waals surface area contributed by atoms with Gasteiger partial charge in [-0.1, -0.05) is 33.4 Å². The van der Waals surface area contributed by atoms with E-state index < -0.39 is 35.8 Å². The van der Waals surface area contributed by atoms with Crippen molar-refractivity contribution in [2.75, 3.05) is 13.7 Å². The first-order valence-electron chi connectivity index (χ1n) is 6.67. The number of ether oxygens (including phenoxy) is 2. The molecule has 1 amide bonds. The summed E-state index contributed by atoms with van der Waals surface area (Å²) in [5.74, 6) is -2.76. The quantitative estimate of drug-likeness (QED) is 0.482. The number of methoxy groups -OCH3 is 1. The molecule has 0 spiro atoms. The van der Waals surface area contributed by atoms with Crippen molar-refractivity contribution < 1.29 is 23.9 Å². The highest BCUT2D eigenvalue weighted by Gasteiger charge is 2.32. The molecule has 0 fully saturated rings. The zero-order valence-electron chi connectivity index (χ0n) is 12.9. The van der Waals surface area contributed by atoms with Gasteiger partial charge in [-0.25, -0.2) is 4.79 Å². The van der Waals surface area contributed by atoms with Gasteiger partial charge in [0.05, 0.1) is 13.0 Å². The summed E-state index contributed by atoms with van der Waals surface area (Å²) in [4.78, 5) is 35.2. The van der Waals surface area contributed by atoms with Gasteiger partial charge in [-0.3, -0.25) is 9.59 Å². The lowest BCUT2D eigenvalue weighted by molar-refractivity contribution is -0.149. The number of hydrogen-bond donors (Lipinski definition) is 2. The zero-order valence-corrected chi connectivity index (χ0v) is 12.9. The van der Waals surface area contributed by atoms with E-state index in [4.69, 9.17) is 10.5 Å². The molecule has 0 heterocycles. The van der Waals surface area contributed by atoms with Crippen LogP contribution >= 0.6 is 0 Å². The Balaban J connectivity index is 4.78. The largest absolute Gasteiger partial charge is 0.468 e. The summed E-state index contributed by atoms with van der Waals surface area (Å²) in [5.41, 5.74) is 5.62. The third kappa shape index (κ3) is 5.95. The number of esters is 2. The SMILES string of the molecule is C=CCOC(=O)[C@@H](NC(=O)[C@@H](C)[C@@H](N)C(=O)OC)C(C)C. The molecule has 3 atom stereocenters. The molecule has 0 saturated carbocycles. The maximum absolute atomic E-state index is 12.1. The molecular weight excluding hydrogens is 276 g/mol. The van der Waals surface area contributed by atoms with Crippen LogP contribution in [0.15, 0.2) is 12.7 Å². The van der Waals surface area contributed by atoms with Gasteiger partial charge in [0, 0.05) is 0 Å². The van der Waals surface area contributed by atoms with Crippen molar-refractivity contribution >= 4 is 17.8 Å². The summed E-state index contributed by atoms with van der Waals surface area (Å²) in [6.45, 7) is 8.54. The molecule has 0 rings (SSSR count). The Labute approximate surface area is 124 Å². The first-order valence-corrected chi connectivity index (χ1v) is 6.67. The summed E-state index contributed by atoms with van der Waals surface area (Å²) in [7, 11) is 1.19. The van der Waals surface area contributed by atoms with Crippen molar-refractivity contribution in [2.24, 2.45) is 17.6 Å². The van der Waals surface area contributed by atoms with Crippen LogP contribution in [0.2, 0.25) is 0 Å². The number of carbonyl (C=O) groups is 3. The first kappa shape index (κ1) is 19.1. The van der Waals surface area contributed by atoms with Crippen molar-refractivity contribution in [3.63, 3.8) is 0 Å². The van der Waals surface area contributed by atoms with Crippen molar-refractivity contribution in [2.45, 2.75) is 32.9 Å². The van der Waals surface area contributed by atoms with Crippen LogP contribution in [0.25, 0.3) is 0 Å². The molecule has 0 aliphatic carbocycles. The lowest BCUT2D eigenvalue weighted by Crippen LogP contribution is -2.51. The molecule has 0 aliphatic heterocycles. The van der Waals surface area contributed by atoms with Crippen LogP contribution in [0.1, 0.15) is 20.8 Å². The van der Waals surface area contributed by atoms with Crippen LogP contribution in [-0.2, 0) is 23.9 Å². The highest BCUT2D eigenvalue weighted by Crippen LogP contribution is 2.08. The number of hydrogen-bond acceptors (Lipinski definition) is 6. The van der Waals surface area contributed by atoms with Gasteiger partial charge in [0.2, 0.25) is 5.91 Å². The van der Waals surface area contributed by atoms with Crippen LogP contribution < -0.4 is 11.1 Å². The van der Waals surface area contributed by atoms with Crippen molar-refractivity contribution in [1.29, 1.82) is 0 Å². The van der Waals surface area contributed by atoms with Crippen LogP contribution in [0.4, 0.5) is 0 Å². The molecule has 0 aliphatic rings. The second-order valence-electron chi connectivity index (χ2n) is 4.99. The fourth-order valence-corrected chi connectivity index (χ4v) is 1.52. The average Bonchev–Trinajstić information content (AvgIpc) is 2.46. The van der Waals surface area contributed by atoms with Crippen molar-refractivity contribution in [3.8, 4) is 0 Å². The third-order valence-electron chi connectivity index (χ3n) is 2.99. The number of nitrogens with one attached hydrogen (secondary N) is 1. The highest BCUT2D eigenvalue weighted by molar-refractivity contribution is 5.90. The van der Waals surface area contributed by atoms with E-state index in [2.05, 4.69) is 16.6 Å². The number of rotatable bonds is 8. The minimum atomic E-state index is -1.09. The number of amides is 1. The van der Waals surface area contributed by atoms with E-state index in [1.165, 1.54) is 20.1 Å². The normalized spacial score (nSPS) is 14.8. The molecular formula is C14H24N2O5. The molecule has 0 unspecified atom stereocenters. The summed E-state index contributed by atoms with van der Waals surface area (Å²) in [5, 5.41) is 2.55. The van der Waals surface area contributed by atoms with Gasteiger partial charge in [-0.15, -0.1) is 0 Å². The Kier molecular flexibility index (Phi) is 8.30. The Hall–Kier alpha value is -1.89. The van der Waals surface area contributed by atoms with E-state index in [9.17, 15) is 14.4 Å². The van der Waals surface area contributed by atoms with E-state index in [1.54, 1.807) is 13.8 Å². The molecule has 0 aromatic heterocycles. The molecule has 7 heteroatoms. The predicted molar refractivity (Wildman–Crippen MR) is 77.1 cm³/mol. The predicted octanol–water partition coefficient (Wildman–Crippen LogP) is -0.00720. The first-order chi connectivity index (χ1) is 9.76. The maximum atomic E-state index is 12.1. The Morgan fingerprint density at radius 3 is 2.24 bits per heavy atom. The number of nitrogens with two attached hydrogens (primary N) is 1. The standard InChI is InChI=1S/C14H24N2O5/c1-6-7-21-14(19)11(8(2)3)16-12(17)9(4)10(15)13(18)20-5/h6,8-11H,1,7,15H2,2-5H3,(H,16,17)/t9-,10+,11-/m0/s1. The second-order valence-corrected chi connectivity index (χ2v) is 4.99. The van der Waals surface area contributed by atoms with Gasteiger partial charge in [0.15, 0.2) is 0 Å². The van der Waals surface area contributed by atoms with Crippen molar-refractivity contribution in [3.05, 3.63) is 12.7 Å². The summed E-state index contributed by atoms with van der Waals surface area (Å²) in [6.07, 6.45) is 1.44. The molecule has 0 aromatic carbocycles.